The molecule has 2 aromatic heterocycles. The van der Waals surface area contributed by atoms with Crippen LogP contribution in [0.3, 0.4) is 0 Å². The van der Waals surface area contributed by atoms with Crippen LogP contribution in [-0.2, 0) is 19.6 Å². The van der Waals surface area contributed by atoms with Crippen molar-refractivity contribution < 1.29 is 14.3 Å². The molecule has 0 atom stereocenters. The number of aromatic carboxylic acids is 1. The number of carboxylic acid groups (broad SMARTS) is 1. The van der Waals surface area contributed by atoms with E-state index in [0.717, 1.165) is 27.6 Å². The zero-order valence-corrected chi connectivity index (χ0v) is 16.8. The number of aromatic nitrogens is 1. The molecule has 0 spiro atoms. The maximum absolute atomic E-state index is 13.7. The average Bonchev–Trinajstić information content (AvgIpc) is 3.29. The summed E-state index contributed by atoms with van der Waals surface area (Å²) in [5, 5.41) is 16.3. The van der Waals surface area contributed by atoms with Gasteiger partial charge >= 0.3 is 5.97 Å². The summed E-state index contributed by atoms with van der Waals surface area (Å²) >= 11 is 1.66. The first-order chi connectivity index (χ1) is 14.0. The van der Waals surface area contributed by atoms with Crippen LogP contribution in [0.25, 0.3) is 10.9 Å². The molecule has 0 fully saturated rings. The lowest BCUT2D eigenvalue weighted by Crippen LogP contribution is -2.17. The highest BCUT2D eigenvalue weighted by Crippen LogP contribution is 2.29. The van der Waals surface area contributed by atoms with Crippen molar-refractivity contribution in [1.82, 2.24) is 9.88 Å². The summed E-state index contributed by atoms with van der Waals surface area (Å²) in [6.45, 7) is 3.40. The van der Waals surface area contributed by atoms with Crippen LogP contribution in [-0.4, -0.2) is 15.6 Å². The summed E-state index contributed by atoms with van der Waals surface area (Å²) in [5.74, 6) is -1.31. The van der Waals surface area contributed by atoms with Crippen molar-refractivity contribution >= 4 is 28.2 Å². The average molecular weight is 408 g/mol. The van der Waals surface area contributed by atoms with Gasteiger partial charge in [0.2, 0.25) is 0 Å². The second kappa shape index (κ2) is 8.19. The predicted molar refractivity (Wildman–Crippen MR) is 114 cm³/mol. The van der Waals surface area contributed by atoms with Crippen LogP contribution < -0.4 is 5.32 Å². The van der Waals surface area contributed by atoms with Crippen molar-refractivity contribution in [2.45, 2.75) is 26.6 Å². The van der Waals surface area contributed by atoms with Crippen LogP contribution in [0.15, 0.2) is 60.0 Å². The van der Waals surface area contributed by atoms with Crippen LogP contribution in [0.5, 0.6) is 0 Å². The quantitative estimate of drug-likeness (QED) is 0.443. The molecule has 148 valence electrons. The topological polar surface area (TPSA) is 54.3 Å². The number of thiophene rings is 1. The van der Waals surface area contributed by atoms with Gasteiger partial charge in [-0.3, -0.25) is 0 Å². The molecule has 2 heterocycles. The van der Waals surface area contributed by atoms with Crippen molar-refractivity contribution in [2.24, 2.45) is 0 Å². The Labute approximate surface area is 172 Å². The zero-order chi connectivity index (χ0) is 20.4. The molecule has 2 aromatic carbocycles. The number of halogens is 1. The molecular formula is C23H21FN2O2S. The predicted octanol–water partition coefficient (Wildman–Crippen LogP) is 5.19. The summed E-state index contributed by atoms with van der Waals surface area (Å²) < 4.78 is 15.5. The molecule has 0 saturated carbocycles. The van der Waals surface area contributed by atoms with E-state index in [-0.39, 0.29) is 11.5 Å². The van der Waals surface area contributed by atoms with E-state index in [9.17, 15) is 14.3 Å². The van der Waals surface area contributed by atoms with Gasteiger partial charge in [-0.1, -0.05) is 30.3 Å². The Kier molecular flexibility index (Phi) is 5.47. The number of aryl methyl sites for hydroxylation is 1. The Morgan fingerprint density at radius 2 is 2.00 bits per heavy atom. The Balaban J connectivity index is 1.77. The van der Waals surface area contributed by atoms with Gasteiger partial charge in [0.1, 0.15) is 11.5 Å². The number of fused-ring (bicyclic) bond motifs is 1. The van der Waals surface area contributed by atoms with Crippen LogP contribution >= 0.6 is 11.3 Å². The molecule has 6 heteroatoms. The monoisotopic (exact) mass is 408 g/mol. The third kappa shape index (κ3) is 4.09. The zero-order valence-electron chi connectivity index (χ0n) is 16.0. The van der Waals surface area contributed by atoms with E-state index in [2.05, 4.69) is 5.32 Å². The van der Waals surface area contributed by atoms with Crippen LogP contribution in [0.4, 0.5) is 4.39 Å². The molecule has 0 saturated heterocycles. The normalized spacial score (nSPS) is 11.2. The van der Waals surface area contributed by atoms with E-state index in [1.54, 1.807) is 22.0 Å². The van der Waals surface area contributed by atoms with E-state index in [4.69, 9.17) is 0 Å². The third-order valence-corrected chi connectivity index (χ3v) is 5.81. The molecule has 0 bridgehead atoms. The van der Waals surface area contributed by atoms with Crippen molar-refractivity contribution in [3.05, 3.63) is 93.1 Å². The van der Waals surface area contributed by atoms with E-state index >= 15 is 0 Å². The van der Waals surface area contributed by atoms with E-state index in [0.29, 0.717) is 19.6 Å². The molecule has 4 nitrogen and oxygen atoms in total. The van der Waals surface area contributed by atoms with Crippen molar-refractivity contribution in [3.8, 4) is 0 Å². The SMILES string of the molecule is Cc1ccc2c(CNCc3cccs3)c(C(=O)O)n(Cc3cccc(F)c3)c2c1. The highest BCUT2D eigenvalue weighted by molar-refractivity contribution is 7.09. The second-order valence-electron chi connectivity index (χ2n) is 7.05. The smallest absolute Gasteiger partial charge is 0.352 e. The van der Waals surface area contributed by atoms with Gasteiger partial charge in [0.05, 0.1) is 0 Å². The lowest BCUT2D eigenvalue weighted by molar-refractivity contribution is 0.0685. The van der Waals surface area contributed by atoms with Crippen molar-refractivity contribution in [2.75, 3.05) is 0 Å². The number of nitrogens with one attached hydrogen (secondary N) is 1. The largest absolute Gasteiger partial charge is 0.477 e. The fourth-order valence-corrected chi connectivity index (χ4v) is 4.34. The van der Waals surface area contributed by atoms with Gasteiger partial charge in [0, 0.05) is 41.0 Å². The van der Waals surface area contributed by atoms with Crippen LogP contribution in [0.1, 0.15) is 32.1 Å². The highest BCUT2D eigenvalue weighted by atomic mass is 32.1. The summed E-state index contributed by atoms with van der Waals surface area (Å²) in [7, 11) is 0. The molecule has 29 heavy (non-hydrogen) atoms. The van der Waals surface area contributed by atoms with Gasteiger partial charge in [-0.15, -0.1) is 11.3 Å². The minimum Gasteiger partial charge on any atom is -0.477 e. The maximum atomic E-state index is 13.7. The fourth-order valence-electron chi connectivity index (χ4n) is 3.66. The molecule has 4 aromatic rings. The number of carbonyl (C=O) groups is 1. The Morgan fingerprint density at radius 1 is 1.14 bits per heavy atom. The number of hydrogen-bond donors (Lipinski definition) is 2. The number of carboxylic acids is 1. The van der Waals surface area contributed by atoms with Crippen molar-refractivity contribution in [3.63, 3.8) is 0 Å². The number of rotatable bonds is 7. The summed E-state index contributed by atoms with van der Waals surface area (Å²) in [4.78, 5) is 13.4. The molecule has 0 radical (unpaired) electrons. The summed E-state index contributed by atoms with van der Waals surface area (Å²) in [6.07, 6.45) is 0. The maximum Gasteiger partial charge on any atom is 0.352 e. The molecule has 0 aliphatic rings. The first kappa shape index (κ1) is 19.4. The van der Waals surface area contributed by atoms with Gasteiger partial charge in [-0.05, 0) is 47.7 Å². The van der Waals surface area contributed by atoms with Gasteiger partial charge < -0.3 is 15.0 Å². The third-order valence-electron chi connectivity index (χ3n) is 4.94. The molecule has 2 N–H and O–H groups in total. The lowest BCUT2D eigenvalue weighted by atomic mass is 10.1. The Bertz CT molecular complexity index is 1170. The first-order valence-electron chi connectivity index (χ1n) is 9.35. The molecule has 4 rings (SSSR count). The van der Waals surface area contributed by atoms with Gasteiger partial charge in [-0.25, -0.2) is 9.18 Å². The highest BCUT2D eigenvalue weighted by Gasteiger charge is 2.22. The van der Waals surface area contributed by atoms with Crippen LogP contribution in [0, 0.1) is 12.7 Å². The number of nitrogens with zero attached hydrogens (tertiary/aromatic N) is 1. The number of benzene rings is 2. The summed E-state index contributed by atoms with van der Waals surface area (Å²) in [5.41, 5.74) is 3.61. The molecule has 0 aliphatic heterocycles. The summed E-state index contributed by atoms with van der Waals surface area (Å²) in [6, 6.07) is 16.3. The molecule has 0 aliphatic carbocycles. The van der Waals surface area contributed by atoms with E-state index < -0.39 is 5.97 Å². The van der Waals surface area contributed by atoms with Gasteiger partial charge in [-0.2, -0.15) is 0 Å². The number of hydrogen-bond acceptors (Lipinski definition) is 3. The van der Waals surface area contributed by atoms with E-state index in [1.807, 2.05) is 48.7 Å². The minimum absolute atomic E-state index is 0.244. The second-order valence-corrected chi connectivity index (χ2v) is 8.08. The Morgan fingerprint density at radius 3 is 2.72 bits per heavy atom. The first-order valence-corrected chi connectivity index (χ1v) is 10.2. The molecule has 0 unspecified atom stereocenters. The lowest BCUT2D eigenvalue weighted by Gasteiger charge is -2.10. The minimum atomic E-state index is -0.983. The van der Waals surface area contributed by atoms with E-state index in [1.165, 1.54) is 17.0 Å². The fraction of sp³-hybridized carbons (Fsp3) is 0.174. The molecular weight excluding hydrogens is 387 g/mol. The van der Waals surface area contributed by atoms with Gasteiger partial charge in [0.15, 0.2) is 0 Å². The standard InChI is InChI=1S/C23H21FN2O2S/c1-15-7-8-19-20(13-25-12-18-6-3-9-29-18)22(23(27)28)26(21(19)10-15)14-16-4-2-5-17(24)11-16/h2-11,25H,12-14H2,1H3,(H,27,28). The Hall–Kier alpha value is -2.96. The molecule has 0 amide bonds. The van der Waals surface area contributed by atoms with Crippen molar-refractivity contribution in [1.29, 1.82) is 0 Å². The van der Waals surface area contributed by atoms with Gasteiger partial charge in [0.25, 0.3) is 0 Å². The van der Waals surface area contributed by atoms with Crippen LogP contribution in [0.2, 0.25) is 0 Å².